The van der Waals surface area contributed by atoms with E-state index in [9.17, 15) is 9.59 Å². The molecule has 2 N–H and O–H groups in total. The van der Waals surface area contributed by atoms with E-state index in [1.54, 1.807) is 30.3 Å². The molecule has 0 spiro atoms. The summed E-state index contributed by atoms with van der Waals surface area (Å²) in [6.45, 7) is 3.88. The molecular weight excluding hydrogens is 266 g/mol. The Kier molecular flexibility index (Phi) is 4.38. The molecule has 0 aliphatic rings. The quantitative estimate of drug-likeness (QED) is 0.905. The monoisotopic (exact) mass is 283 g/mol. The van der Waals surface area contributed by atoms with Gasteiger partial charge in [0.15, 0.2) is 0 Å². The molecule has 0 fully saturated rings. The molecule has 0 aliphatic carbocycles. The number of amides is 1. The third kappa shape index (κ3) is 3.92. The normalized spacial score (nSPS) is 10.2. The molecule has 21 heavy (non-hydrogen) atoms. The first-order chi connectivity index (χ1) is 9.95. The summed E-state index contributed by atoms with van der Waals surface area (Å²) in [5, 5.41) is 11.5. The number of carbonyl (C=O) groups excluding carboxylic acids is 1. The molecule has 4 nitrogen and oxygen atoms in total. The van der Waals surface area contributed by atoms with E-state index in [2.05, 4.69) is 5.32 Å². The van der Waals surface area contributed by atoms with Crippen LogP contribution in [0.4, 0.5) is 5.69 Å². The van der Waals surface area contributed by atoms with E-state index < -0.39 is 5.97 Å². The van der Waals surface area contributed by atoms with Crippen molar-refractivity contribution in [2.75, 3.05) is 5.32 Å². The van der Waals surface area contributed by atoms with Crippen LogP contribution in [-0.4, -0.2) is 17.0 Å². The number of aryl methyl sites for hydroxylation is 2. The van der Waals surface area contributed by atoms with Gasteiger partial charge in [-0.2, -0.15) is 0 Å². The lowest BCUT2D eigenvalue weighted by molar-refractivity contribution is -0.136. The topological polar surface area (TPSA) is 66.4 Å². The average molecular weight is 283 g/mol. The summed E-state index contributed by atoms with van der Waals surface area (Å²) in [6, 6.07) is 12.5. The Bertz CT molecular complexity index is 675. The van der Waals surface area contributed by atoms with Crippen molar-refractivity contribution < 1.29 is 14.7 Å². The van der Waals surface area contributed by atoms with E-state index in [1.807, 2.05) is 26.0 Å². The van der Waals surface area contributed by atoms with Gasteiger partial charge in [0.25, 0.3) is 5.91 Å². The van der Waals surface area contributed by atoms with Gasteiger partial charge in [-0.3, -0.25) is 9.59 Å². The number of aliphatic carboxylic acids is 1. The lowest BCUT2D eigenvalue weighted by Crippen LogP contribution is -2.13. The molecule has 0 aromatic heterocycles. The van der Waals surface area contributed by atoms with Gasteiger partial charge in [-0.05, 0) is 43.2 Å². The van der Waals surface area contributed by atoms with Crippen LogP contribution < -0.4 is 5.32 Å². The molecular formula is C17H17NO3. The van der Waals surface area contributed by atoms with Gasteiger partial charge in [-0.25, -0.2) is 0 Å². The van der Waals surface area contributed by atoms with E-state index in [-0.39, 0.29) is 12.3 Å². The highest BCUT2D eigenvalue weighted by atomic mass is 16.4. The van der Waals surface area contributed by atoms with Gasteiger partial charge in [0, 0.05) is 11.3 Å². The lowest BCUT2D eigenvalue weighted by Gasteiger charge is -2.09. The van der Waals surface area contributed by atoms with Crippen molar-refractivity contribution in [3.8, 4) is 0 Å². The molecule has 0 aliphatic heterocycles. The van der Waals surface area contributed by atoms with Crippen molar-refractivity contribution in [3.63, 3.8) is 0 Å². The number of hydrogen-bond donors (Lipinski definition) is 2. The average Bonchev–Trinajstić information content (AvgIpc) is 2.40. The second kappa shape index (κ2) is 6.22. The second-order valence-electron chi connectivity index (χ2n) is 5.04. The highest BCUT2D eigenvalue weighted by molar-refractivity contribution is 6.05. The lowest BCUT2D eigenvalue weighted by atomic mass is 10.0. The van der Waals surface area contributed by atoms with E-state index in [1.165, 1.54) is 0 Å². The van der Waals surface area contributed by atoms with Gasteiger partial charge in [0.2, 0.25) is 0 Å². The Morgan fingerprint density at radius 1 is 1.05 bits per heavy atom. The zero-order valence-corrected chi connectivity index (χ0v) is 12.0. The summed E-state index contributed by atoms with van der Waals surface area (Å²) in [4.78, 5) is 22.8. The van der Waals surface area contributed by atoms with Crippen LogP contribution in [0.25, 0.3) is 0 Å². The summed E-state index contributed by atoms with van der Waals surface area (Å²) in [5.74, 6) is -1.04. The Morgan fingerprint density at radius 2 is 1.71 bits per heavy atom. The molecule has 2 aromatic rings. The Morgan fingerprint density at radius 3 is 2.29 bits per heavy atom. The van der Waals surface area contributed by atoms with Crippen LogP contribution in [0.1, 0.15) is 27.0 Å². The highest BCUT2D eigenvalue weighted by Gasteiger charge is 2.09. The van der Waals surface area contributed by atoms with Crippen LogP contribution in [0.15, 0.2) is 42.5 Å². The highest BCUT2D eigenvalue weighted by Crippen LogP contribution is 2.15. The first-order valence-electron chi connectivity index (χ1n) is 6.65. The largest absolute Gasteiger partial charge is 0.481 e. The van der Waals surface area contributed by atoms with E-state index >= 15 is 0 Å². The molecule has 2 rings (SSSR count). The number of anilines is 1. The van der Waals surface area contributed by atoms with Crippen molar-refractivity contribution in [1.29, 1.82) is 0 Å². The van der Waals surface area contributed by atoms with Crippen molar-refractivity contribution in [2.45, 2.75) is 20.3 Å². The summed E-state index contributed by atoms with van der Waals surface area (Å²) >= 11 is 0. The van der Waals surface area contributed by atoms with Gasteiger partial charge in [-0.15, -0.1) is 0 Å². The van der Waals surface area contributed by atoms with Gasteiger partial charge >= 0.3 is 5.97 Å². The predicted molar refractivity (Wildman–Crippen MR) is 81.7 cm³/mol. The summed E-state index contributed by atoms with van der Waals surface area (Å²) in [6.07, 6.45) is -0.0225. The Balaban J connectivity index is 2.10. The number of nitrogens with one attached hydrogen (secondary N) is 1. The van der Waals surface area contributed by atoms with Crippen molar-refractivity contribution in [1.82, 2.24) is 0 Å². The standard InChI is InChI=1S/C17H17NO3/c1-11-3-8-15(12(2)9-11)17(21)18-14-6-4-13(5-7-14)10-16(19)20/h3-9H,10H2,1-2H3,(H,18,21)(H,19,20). The third-order valence-electron chi connectivity index (χ3n) is 3.19. The molecule has 0 saturated carbocycles. The molecule has 0 radical (unpaired) electrons. The molecule has 0 heterocycles. The van der Waals surface area contributed by atoms with Crippen molar-refractivity contribution in [2.24, 2.45) is 0 Å². The fourth-order valence-corrected chi connectivity index (χ4v) is 2.15. The molecule has 1 amide bonds. The molecule has 4 heteroatoms. The molecule has 2 aromatic carbocycles. The predicted octanol–water partition coefficient (Wildman–Crippen LogP) is 3.18. The van der Waals surface area contributed by atoms with E-state index in [4.69, 9.17) is 5.11 Å². The molecule has 108 valence electrons. The minimum atomic E-state index is -0.873. The van der Waals surface area contributed by atoms with Crippen molar-refractivity contribution in [3.05, 3.63) is 64.7 Å². The number of carboxylic acids is 1. The van der Waals surface area contributed by atoms with Crippen LogP contribution >= 0.6 is 0 Å². The smallest absolute Gasteiger partial charge is 0.307 e. The number of rotatable bonds is 4. The SMILES string of the molecule is Cc1ccc(C(=O)Nc2ccc(CC(=O)O)cc2)c(C)c1. The van der Waals surface area contributed by atoms with E-state index in [0.29, 0.717) is 16.8 Å². The second-order valence-corrected chi connectivity index (χ2v) is 5.04. The fraction of sp³-hybridized carbons (Fsp3) is 0.176. The van der Waals surface area contributed by atoms with Crippen LogP contribution in [0, 0.1) is 13.8 Å². The summed E-state index contributed by atoms with van der Waals surface area (Å²) < 4.78 is 0. The number of hydrogen-bond acceptors (Lipinski definition) is 2. The van der Waals surface area contributed by atoms with Gasteiger partial charge in [0.1, 0.15) is 0 Å². The maximum Gasteiger partial charge on any atom is 0.307 e. The van der Waals surface area contributed by atoms with Crippen LogP contribution in [0.5, 0.6) is 0 Å². The third-order valence-corrected chi connectivity index (χ3v) is 3.19. The first-order valence-corrected chi connectivity index (χ1v) is 6.65. The van der Waals surface area contributed by atoms with E-state index in [0.717, 1.165) is 11.1 Å². The maximum absolute atomic E-state index is 12.2. The van der Waals surface area contributed by atoms with Crippen molar-refractivity contribution >= 4 is 17.6 Å². The van der Waals surface area contributed by atoms with Crippen LogP contribution in [-0.2, 0) is 11.2 Å². The van der Waals surface area contributed by atoms with Gasteiger partial charge in [-0.1, -0.05) is 29.8 Å². The maximum atomic E-state index is 12.2. The molecule has 0 atom stereocenters. The van der Waals surface area contributed by atoms with Gasteiger partial charge < -0.3 is 10.4 Å². The first kappa shape index (κ1) is 14.8. The Labute approximate surface area is 123 Å². The molecule has 0 bridgehead atoms. The van der Waals surface area contributed by atoms with Crippen LogP contribution in [0.3, 0.4) is 0 Å². The number of carboxylic acid groups (broad SMARTS) is 1. The minimum absolute atomic E-state index is 0.0225. The summed E-state index contributed by atoms with van der Waals surface area (Å²) in [7, 11) is 0. The van der Waals surface area contributed by atoms with Gasteiger partial charge in [0.05, 0.1) is 6.42 Å². The molecule has 0 unspecified atom stereocenters. The number of carbonyl (C=O) groups is 2. The minimum Gasteiger partial charge on any atom is -0.481 e. The zero-order valence-electron chi connectivity index (χ0n) is 12.0. The zero-order chi connectivity index (χ0) is 15.4. The number of benzene rings is 2. The van der Waals surface area contributed by atoms with Crippen LogP contribution in [0.2, 0.25) is 0 Å². The Hall–Kier alpha value is -2.62. The fourth-order valence-electron chi connectivity index (χ4n) is 2.15. The molecule has 0 saturated heterocycles. The summed E-state index contributed by atoms with van der Waals surface area (Å²) in [5.41, 5.74) is 4.02.